The Balaban J connectivity index is 2.62. The molecule has 1 aliphatic heterocycles. The summed E-state index contributed by atoms with van der Waals surface area (Å²) in [6, 6.07) is 0.441. The lowest BCUT2D eigenvalue weighted by atomic mass is 9.54. The Hall–Kier alpha value is 0.0249. The summed E-state index contributed by atoms with van der Waals surface area (Å²) in [6.45, 7) is 16.2. The van der Waals surface area contributed by atoms with E-state index < -0.39 is 0 Å². The van der Waals surface area contributed by atoms with Gasteiger partial charge < -0.3 is 4.74 Å². The maximum absolute atomic E-state index is 6.34. The van der Waals surface area contributed by atoms with Crippen molar-refractivity contribution in [3.63, 3.8) is 0 Å². The third-order valence-corrected chi connectivity index (χ3v) is 3.64. The van der Waals surface area contributed by atoms with Crippen LogP contribution in [0.25, 0.3) is 0 Å². The Labute approximate surface area is 103 Å². The highest BCUT2D eigenvalue weighted by Gasteiger charge is 2.36. The van der Waals surface area contributed by atoms with Gasteiger partial charge in [0.15, 0.2) is 7.28 Å². The van der Waals surface area contributed by atoms with E-state index in [0.29, 0.717) is 17.5 Å². The SMILES string of the molecule is C[C@@H]1CBC(C(C)(C)C)OC1CC(C)(C)C. The van der Waals surface area contributed by atoms with Gasteiger partial charge in [-0.3, -0.25) is 0 Å². The maximum Gasteiger partial charge on any atom is 0.158 e. The largest absolute Gasteiger partial charge is 0.383 e. The first-order valence-electron chi connectivity index (χ1n) is 6.75. The molecule has 1 fully saturated rings. The molecule has 1 heterocycles. The molecule has 3 atom stereocenters. The van der Waals surface area contributed by atoms with E-state index in [9.17, 15) is 0 Å². The zero-order valence-electron chi connectivity index (χ0n) is 12.3. The lowest BCUT2D eigenvalue weighted by Gasteiger charge is -2.42. The van der Waals surface area contributed by atoms with Crippen LogP contribution in [0.15, 0.2) is 0 Å². The molecule has 0 aromatic carbocycles. The summed E-state index contributed by atoms with van der Waals surface area (Å²) in [5, 5.41) is 0. The van der Waals surface area contributed by atoms with Crippen molar-refractivity contribution in [3.05, 3.63) is 0 Å². The molecular weight excluding hydrogens is 195 g/mol. The topological polar surface area (TPSA) is 9.23 Å². The minimum absolute atomic E-state index is 0.288. The van der Waals surface area contributed by atoms with Crippen LogP contribution >= 0.6 is 0 Å². The van der Waals surface area contributed by atoms with Crippen molar-refractivity contribution in [2.24, 2.45) is 16.7 Å². The Morgan fingerprint density at radius 3 is 2.12 bits per heavy atom. The van der Waals surface area contributed by atoms with Crippen LogP contribution in [0.5, 0.6) is 0 Å². The standard InChI is InChI=1S/C14H29BO/c1-10-9-15-12(14(5,6)7)16-11(10)8-13(2,3)4/h10-12,15H,8-9H2,1-7H3/t10-,11?,12?/m1/s1. The van der Waals surface area contributed by atoms with Crippen LogP contribution in [0.2, 0.25) is 6.32 Å². The highest BCUT2D eigenvalue weighted by molar-refractivity contribution is 6.37. The Kier molecular flexibility index (Phi) is 4.16. The zero-order valence-corrected chi connectivity index (χ0v) is 12.3. The van der Waals surface area contributed by atoms with Crippen LogP contribution in [-0.4, -0.2) is 19.4 Å². The van der Waals surface area contributed by atoms with E-state index in [4.69, 9.17) is 4.74 Å². The third kappa shape index (κ3) is 4.12. The van der Waals surface area contributed by atoms with E-state index in [2.05, 4.69) is 48.5 Å². The van der Waals surface area contributed by atoms with Gasteiger partial charge >= 0.3 is 0 Å². The number of hydrogen-bond acceptors (Lipinski definition) is 1. The van der Waals surface area contributed by atoms with Gasteiger partial charge in [-0.15, -0.1) is 0 Å². The zero-order chi connectivity index (χ0) is 12.6. The van der Waals surface area contributed by atoms with Crippen LogP contribution in [0.4, 0.5) is 0 Å². The molecule has 0 radical (unpaired) electrons. The predicted octanol–water partition coefficient (Wildman–Crippen LogP) is 3.68. The van der Waals surface area contributed by atoms with Crippen molar-refractivity contribution in [1.29, 1.82) is 0 Å². The average Bonchev–Trinajstić information content (AvgIpc) is 2.04. The minimum atomic E-state index is 0.288. The Morgan fingerprint density at radius 2 is 1.69 bits per heavy atom. The summed E-state index contributed by atoms with van der Waals surface area (Å²) >= 11 is 0. The molecule has 0 spiro atoms. The molecule has 16 heavy (non-hydrogen) atoms. The summed E-state index contributed by atoms with van der Waals surface area (Å²) in [6.07, 6.45) is 2.96. The Morgan fingerprint density at radius 1 is 1.12 bits per heavy atom. The van der Waals surface area contributed by atoms with Crippen molar-refractivity contribution in [3.8, 4) is 0 Å². The van der Waals surface area contributed by atoms with Crippen molar-refractivity contribution >= 4 is 7.28 Å². The van der Waals surface area contributed by atoms with Gasteiger partial charge in [-0.25, -0.2) is 0 Å². The summed E-state index contributed by atoms with van der Waals surface area (Å²) in [7, 11) is 1.23. The second kappa shape index (κ2) is 4.72. The summed E-state index contributed by atoms with van der Waals surface area (Å²) in [4.78, 5) is 0. The molecular formula is C14H29BO. The molecule has 0 bridgehead atoms. The number of hydrogen-bond donors (Lipinski definition) is 0. The van der Waals surface area contributed by atoms with Crippen LogP contribution < -0.4 is 0 Å². The molecule has 0 amide bonds. The lowest BCUT2D eigenvalue weighted by Crippen LogP contribution is -2.46. The third-order valence-electron chi connectivity index (χ3n) is 3.64. The van der Waals surface area contributed by atoms with E-state index in [1.807, 2.05) is 0 Å². The number of rotatable bonds is 1. The molecule has 0 saturated carbocycles. The first-order valence-corrected chi connectivity index (χ1v) is 6.75. The van der Waals surface area contributed by atoms with Crippen LogP contribution in [-0.2, 0) is 4.74 Å². The van der Waals surface area contributed by atoms with Crippen LogP contribution in [0.3, 0.4) is 0 Å². The van der Waals surface area contributed by atoms with Crippen molar-refractivity contribution in [1.82, 2.24) is 0 Å². The molecule has 1 saturated heterocycles. The van der Waals surface area contributed by atoms with E-state index in [1.54, 1.807) is 0 Å². The van der Waals surface area contributed by atoms with E-state index in [-0.39, 0.29) is 5.41 Å². The van der Waals surface area contributed by atoms with Gasteiger partial charge in [0.05, 0.1) is 6.10 Å². The van der Waals surface area contributed by atoms with Crippen molar-refractivity contribution in [2.45, 2.75) is 73.3 Å². The molecule has 0 N–H and O–H groups in total. The molecule has 94 valence electrons. The van der Waals surface area contributed by atoms with E-state index >= 15 is 0 Å². The maximum atomic E-state index is 6.34. The van der Waals surface area contributed by atoms with E-state index in [1.165, 1.54) is 20.0 Å². The van der Waals surface area contributed by atoms with E-state index in [0.717, 1.165) is 5.92 Å². The minimum Gasteiger partial charge on any atom is -0.383 e. The van der Waals surface area contributed by atoms with Crippen molar-refractivity contribution < 1.29 is 4.74 Å². The summed E-state index contributed by atoms with van der Waals surface area (Å²) in [5.41, 5.74) is 0.662. The summed E-state index contributed by atoms with van der Waals surface area (Å²) < 4.78 is 6.34. The van der Waals surface area contributed by atoms with Gasteiger partial charge in [-0.1, -0.05) is 54.8 Å². The molecule has 1 aliphatic rings. The quantitative estimate of drug-likeness (QED) is 0.617. The van der Waals surface area contributed by atoms with Gasteiger partial charge in [0.1, 0.15) is 0 Å². The number of ether oxygens (including phenoxy) is 1. The molecule has 1 nitrogen and oxygen atoms in total. The lowest BCUT2D eigenvalue weighted by molar-refractivity contribution is -0.0701. The van der Waals surface area contributed by atoms with Gasteiger partial charge in [-0.05, 0) is 23.2 Å². The molecule has 0 aliphatic carbocycles. The van der Waals surface area contributed by atoms with Crippen LogP contribution in [0.1, 0.15) is 54.9 Å². The molecule has 2 unspecified atom stereocenters. The van der Waals surface area contributed by atoms with Crippen LogP contribution in [0, 0.1) is 16.7 Å². The smallest absolute Gasteiger partial charge is 0.158 e. The molecule has 0 aromatic rings. The first-order chi connectivity index (χ1) is 7.09. The highest BCUT2D eigenvalue weighted by Crippen LogP contribution is 2.35. The van der Waals surface area contributed by atoms with Gasteiger partial charge in [0, 0.05) is 6.00 Å². The summed E-state index contributed by atoms with van der Waals surface area (Å²) in [5.74, 6) is 0.720. The Bertz CT molecular complexity index is 224. The first kappa shape index (κ1) is 14.1. The highest BCUT2D eigenvalue weighted by atomic mass is 16.5. The van der Waals surface area contributed by atoms with Gasteiger partial charge in [-0.2, -0.15) is 0 Å². The second-order valence-electron chi connectivity index (χ2n) is 7.85. The predicted molar refractivity (Wildman–Crippen MR) is 73.3 cm³/mol. The fraction of sp³-hybridized carbons (Fsp3) is 1.00. The second-order valence-corrected chi connectivity index (χ2v) is 7.85. The normalized spacial score (nSPS) is 32.3. The van der Waals surface area contributed by atoms with Crippen molar-refractivity contribution in [2.75, 3.05) is 0 Å². The monoisotopic (exact) mass is 224 g/mol. The molecule has 1 rings (SSSR count). The van der Waals surface area contributed by atoms with Gasteiger partial charge in [0.25, 0.3) is 0 Å². The fourth-order valence-electron chi connectivity index (χ4n) is 2.50. The average molecular weight is 224 g/mol. The molecule has 0 aromatic heterocycles. The molecule has 2 heteroatoms. The van der Waals surface area contributed by atoms with Gasteiger partial charge in [0.2, 0.25) is 0 Å². The fourth-order valence-corrected chi connectivity index (χ4v) is 2.50.